The van der Waals surface area contributed by atoms with Crippen molar-refractivity contribution in [1.29, 1.82) is 0 Å². The fraction of sp³-hybridized carbons (Fsp3) is 0. The van der Waals surface area contributed by atoms with E-state index in [1.165, 1.54) is 0 Å². The van der Waals surface area contributed by atoms with Crippen molar-refractivity contribution in [3.05, 3.63) is 182 Å². The molecule has 0 fully saturated rings. The number of furan rings is 1. The van der Waals surface area contributed by atoms with Crippen LogP contribution in [0.5, 0.6) is 0 Å². The van der Waals surface area contributed by atoms with Gasteiger partial charge in [0.15, 0.2) is 0 Å². The molecule has 230 valence electrons. The summed E-state index contributed by atoms with van der Waals surface area (Å²) in [6.07, 6.45) is 0. The zero-order chi connectivity index (χ0) is 47.1. The zero-order valence-corrected chi connectivity index (χ0v) is 25.3. The Bertz CT molecular complexity index is 3730. The molecule has 0 saturated heterocycles. The van der Waals surface area contributed by atoms with E-state index in [4.69, 9.17) is 15.4 Å². The lowest BCUT2D eigenvalue weighted by atomic mass is 10.0. The van der Waals surface area contributed by atoms with Crippen molar-refractivity contribution in [3.8, 4) is 16.8 Å². The van der Waals surface area contributed by atoms with Crippen LogP contribution in [0.3, 0.4) is 0 Å². The van der Waals surface area contributed by atoms with E-state index < -0.39 is 136 Å². The zero-order valence-electron chi connectivity index (χ0n) is 42.3. The van der Waals surface area contributed by atoms with Crippen LogP contribution >= 0.6 is 0 Å². The van der Waals surface area contributed by atoms with Gasteiger partial charge in [-0.2, -0.15) is 0 Å². The van der Waals surface area contributed by atoms with Crippen LogP contribution in [0.25, 0.3) is 71.3 Å². The van der Waals surface area contributed by atoms with Crippen molar-refractivity contribution in [1.82, 2.24) is 4.57 Å². The molecule has 0 aliphatic rings. The summed E-state index contributed by atoms with van der Waals surface area (Å²) in [5.41, 5.74) is -1.93. The van der Waals surface area contributed by atoms with Gasteiger partial charge in [-0.15, -0.1) is 0 Å². The Kier molecular flexibility index (Phi) is 3.49. The summed E-state index contributed by atoms with van der Waals surface area (Å²) in [6, 6.07) is 10.2. The third-order valence-electron chi connectivity index (χ3n) is 8.53. The lowest BCUT2D eigenvalue weighted by Gasteiger charge is -2.29. The summed E-state index contributed by atoms with van der Waals surface area (Å²) >= 11 is 0. The minimum absolute atomic E-state index is 0.118. The standard InChI is InChI=1S/C46H30N2O/c1-2-13-31(14-3-1)32-25-28-34(29-26-32)47(43-23-12-24-44-45(43)38-30-27-33-15-4-5-16-35(33)46(38)49-44)41-21-10-11-22-42(41)48-39-19-8-6-17-36(39)37-18-7-9-20-40(37)48/h1-30H/i4D,5D,10D,11D,12D,15D,16D,21D,22D,23D,24D,25D,26D,27D,28D,29D,30D. The molecule has 0 aliphatic carbocycles. The van der Waals surface area contributed by atoms with Crippen LogP contribution in [0.4, 0.5) is 17.1 Å². The van der Waals surface area contributed by atoms with Crippen LogP contribution in [-0.4, -0.2) is 4.57 Å². The lowest BCUT2D eigenvalue weighted by Crippen LogP contribution is -2.13. The summed E-state index contributed by atoms with van der Waals surface area (Å²) < 4.78 is 165. The van der Waals surface area contributed by atoms with E-state index in [9.17, 15) is 12.3 Å². The number of nitrogens with zero attached hydrogens (tertiary/aromatic N) is 2. The molecule has 49 heavy (non-hydrogen) atoms. The molecule has 3 heteroatoms. The van der Waals surface area contributed by atoms with Gasteiger partial charge in [-0.25, -0.2) is 0 Å². The van der Waals surface area contributed by atoms with Crippen molar-refractivity contribution < 1.29 is 27.7 Å². The van der Waals surface area contributed by atoms with E-state index in [1.807, 2.05) is 12.1 Å². The van der Waals surface area contributed by atoms with Gasteiger partial charge in [0.25, 0.3) is 0 Å². The highest BCUT2D eigenvalue weighted by atomic mass is 16.3. The van der Waals surface area contributed by atoms with Crippen molar-refractivity contribution in [2.75, 3.05) is 4.90 Å². The summed E-state index contributed by atoms with van der Waals surface area (Å²) in [5, 5.41) is -0.194. The molecule has 10 aromatic rings. The van der Waals surface area contributed by atoms with Gasteiger partial charge in [-0.05, 0) is 70.9 Å². The first kappa shape index (κ1) is 15.5. The molecule has 10 rings (SSSR count). The monoisotopic (exact) mass is 643 g/mol. The summed E-state index contributed by atoms with van der Waals surface area (Å²) in [4.78, 5) is 0.914. The van der Waals surface area contributed by atoms with Crippen LogP contribution < -0.4 is 4.90 Å². The van der Waals surface area contributed by atoms with E-state index in [2.05, 4.69) is 0 Å². The fourth-order valence-corrected chi connectivity index (χ4v) is 6.41. The van der Waals surface area contributed by atoms with E-state index in [1.54, 1.807) is 71.3 Å². The maximum absolute atomic E-state index is 9.74. The Morgan fingerprint density at radius 1 is 0.490 bits per heavy atom. The minimum Gasteiger partial charge on any atom is -0.455 e. The number of aromatic nitrogens is 1. The van der Waals surface area contributed by atoms with Crippen LogP contribution in [-0.2, 0) is 0 Å². The summed E-state index contributed by atoms with van der Waals surface area (Å²) in [5.74, 6) is 0. The average molecular weight is 644 g/mol. The van der Waals surface area contributed by atoms with Gasteiger partial charge in [0, 0.05) is 27.2 Å². The van der Waals surface area contributed by atoms with Gasteiger partial charge >= 0.3 is 0 Å². The van der Waals surface area contributed by atoms with Crippen molar-refractivity contribution >= 4 is 71.6 Å². The Hall–Kier alpha value is -6.58. The van der Waals surface area contributed by atoms with E-state index >= 15 is 0 Å². The maximum Gasteiger partial charge on any atom is 0.143 e. The molecular formula is C46H30N2O. The Balaban J connectivity index is 1.50. The molecule has 0 spiro atoms. The van der Waals surface area contributed by atoms with Gasteiger partial charge < -0.3 is 13.9 Å². The van der Waals surface area contributed by atoms with Crippen LogP contribution in [0, 0.1) is 0 Å². The van der Waals surface area contributed by atoms with Crippen LogP contribution in [0.1, 0.15) is 23.3 Å². The Morgan fingerprint density at radius 3 is 1.96 bits per heavy atom. The van der Waals surface area contributed by atoms with Gasteiger partial charge in [-0.3, -0.25) is 0 Å². The van der Waals surface area contributed by atoms with Crippen LogP contribution in [0.2, 0.25) is 0 Å². The molecule has 0 atom stereocenters. The SMILES string of the molecule is [2H]c1c([2H])c([2H])c(-n2c3ccccc3c3ccccc32)c(N(c2c([2H])c([2H])c(-c3ccccc3)c([2H])c2[2H])c2c([2H])c([2H])c([2H])c3oc4c5c([2H])c([2H])c([2H])c([2H])c5c([2H])c([2H])c4c23)c1[2H]. The molecule has 2 aromatic heterocycles. The van der Waals surface area contributed by atoms with Crippen LogP contribution in [0.15, 0.2) is 186 Å². The third kappa shape index (κ3) is 4.29. The molecule has 3 nitrogen and oxygen atoms in total. The first-order valence-electron chi connectivity index (χ1n) is 23.8. The second-order valence-electron chi connectivity index (χ2n) is 11.2. The van der Waals surface area contributed by atoms with Gasteiger partial charge in [0.2, 0.25) is 0 Å². The molecule has 0 amide bonds. The molecule has 0 radical (unpaired) electrons. The van der Waals surface area contributed by atoms with Gasteiger partial charge in [0.1, 0.15) is 11.2 Å². The Morgan fingerprint density at radius 2 is 1.16 bits per heavy atom. The number of benzene rings is 8. The van der Waals surface area contributed by atoms with Gasteiger partial charge in [0.05, 0.1) is 56.8 Å². The van der Waals surface area contributed by atoms with E-state index in [0.29, 0.717) is 27.4 Å². The number of hydrogen-bond donors (Lipinski definition) is 0. The first-order valence-corrected chi connectivity index (χ1v) is 15.3. The Labute approximate surface area is 307 Å². The van der Waals surface area contributed by atoms with Crippen molar-refractivity contribution in [2.24, 2.45) is 0 Å². The number of anilines is 3. The lowest BCUT2D eigenvalue weighted by molar-refractivity contribution is 0.672. The number of hydrogen-bond acceptors (Lipinski definition) is 2. The third-order valence-corrected chi connectivity index (χ3v) is 8.53. The molecule has 0 unspecified atom stereocenters. The smallest absolute Gasteiger partial charge is 0.143 e. The summed E-state index contributed by atoms with van der Waals surface area (Å²) in [6.45, 7) is 0. The second kappa shape index (κ2) is 11.0. The number of para-hydroxylation sites is 4. The highest BCUT2D eigenvalue weighted by Crippen LogP contribution is 2.47. The second-order valence-corrected chi connectivity index (χ2v) is 11.2. The normalized spacial score (nSPS) is 16.5. The minimum atomic E-state index is -0.847. The first-order chi connectivity index (χ1) is 31.4. The summed E-state index contributed by atoms with van der Waals surface area (Å²) in [7, 11) is 0. The largest absolute Gasteiger partial charge is 0.455 e. The predicted molar refractivity (Wildman–Crippen MR) is 206 cm³/mol. The highest BCUT2D eigenvalue weighted by Gasteiger charge is 2.24. The number of fused-ring (bicyclic) bond motifs is 8. The quantitative estimate of drug-likeness (QED) is 0.186. The molecule has 0 N–H and O–H groups in total. The van der Waals surface area contributed by atoms with Gasteiger partial charge in [-0.1, -0.05) is 127 Å². The highest BCUT2D eigenvalue weighted by molar-refractivity contribution is 6.20. The molecule has 0 aliphatic heterocycles. The predicted octanol–water partition coefficient (Wildman–Crippen LogP) is 13.0. The molecule has 2 heterocycles. The fourth-order valence-electron chi connectivity index (χ4n) is 6.41. The van der Waals surface area contributed by atoms with Crippen molar-refractivity contribution in [2.45, 2.75) is 0 Å². The molecule has 0 bridgehead atoms. The molecular weight excluding hydrogens is 597 g/mol. The van der Waals surface area contributed by atoms with Crippen molar-refractivity contribution in [3.63, 3.8) is 0 Å². The van der Waals surface area contributed by atoms with E-state index in [0.717, 1.165) is 4.90 Å². The van der Waals surface area contributed by atoms with E-state index in [-0.39, 0.29) is 27.4 Å². The maximum atomic E-state index is 9.74. The topological polar surface area (TPSA) is 21.3 Å². The molecule has 0 saturated carbocycles. The average Bonchev–Trinajstić information content (AvgIpc) is 3.87. The number of rotatable bonds is 5. The molecule has 8 aromatic carbocycles.